The molecule has 0 aliphatic heterocycles. The van der Waals surface area contributed by atoms with E-state index in [4.69, 9.17) is 4.43 Å². The van der Waals surface area contributed by atoms with Gasteiger partial charge in [0, 0.05) is 5.60 Å². The van der Waals surface area contributed by atoms with Gasteiger partial charge in [0.05, 0.1) is 0 Å². The lowest BCUT2D eigenvalue weighted by Crippen LogP contribution is -2.22. The normalized spacial score (nSPS) is 12.8. The highest BCUT2D eigenvalue weighted by Gasteiger charge is 2.14. The Balaban J connectivity index is 3.31. The summed E-state index contributed by atoms with van der Waals surface area (Å²) in [5.74, 6) is 0. The van der Waals surface area contributed by atoms with Crippen LogP contribution < -0.4 is 0 Å². The summed E-state index contributed by atoms with van der Waals surface area (Å²) in [5, 5.41) is 0. The third kappa shape index (κ3) is 7.27. The average Bonchev–Trinajstić information content (AvgIpc) is 1.98. The summed E-state index contributed by atoms with van der Waals surface area (Å²) in [7, 11) is 1.18. The molecule has 0 atom stereocenters. The molecule has 0 bridgehead atoms. The molecule has 12 heavy (non-hydrogen) atoms. The molecule has 74 valence electrons. The average molecular weight is 206 g/mol. The van der Waals surface area contributed by atoms with Crippen LogP contribution >= 0.6 is 7.92 Å². The van der Waals surface area contributed by atoms with Crippen LogP contribution in [0.1, 0.15) is 33.1 Å². The molecule has 0 aliphatic carbocycles. The first-order valence-electron chi connectivity index (χ1n) is 4.68. The lowest BCUT2D eigenvalue weighted by molar-refractivity contribution is 0.110. The van der Waals surface area contributed by atoms with Gasteiger partial charge in [-0.2, -0.15) is 0 Å². The highest BCUT2D eigenvalue weighted by atomic mass is 31.1. The second-order valence-corrected chi connectivity index (χ2v) is 7.24. The van der Waals surface area contributed by atoms with Crippen LogP contribution in [0, 0.1) is 0 Å². The molecular weight excluding hydrogens is 183 g/mol. The Labute approximate surface area is 81.6 Å². The topological polar surface area (TPSA) is 9.23 Å². The summed E-state index contributed by atoms with van der Waals surface area (Å²) in [6, 6.07) is 0. The first-order valence-corrected chi connectivity index (χ1v) is 7.91. The molecular formula is C9H23OPSi. The van der Waals surface area contributed by atoms with E-state index >= 15 is 0 Å². The molecule has 0 aromatic heterocycles. The standard InChI is InChI=1S/C9H23OPSi/c1-9(2,10-12)7-5-6-8-11(3)4/h5-8H2,1-4,12H3. The van der Waals surface area contributed by atoms with E-state index in [1.54, 1.807) is 0 Å². The van der Waals surface area contributed by atoms with Crippen molar-refractivity contribution in [1.82, 2.24) is 0 Å². The van der Waals surface area contributed by atoms with Crippen LogP contribution in [0.3, 0.4) is 0 Å². The maximum Gasteiger partial charge on any atom is 0.146 e. The maximum absolute atomic E-state index is 5.49. The van der Waals surface area contributed by atoms with Gasteiger partial charge < -0.3 is 4.43 Å². The molecule has 0 aliphatic rings. The fourth-order valence-corrected chi connectivity index (χ4v) is 2.14. The van der Waals surface area contributed by atoms with Crippen molar-refractivity contribution in [3.05, 3.63) is 0 Å². The monoisotopic (exact) mass is 206 g/mol. The van der Waals surface area contributed by atoms with E-state index in [1.165, 1.54) is 25.4 Å². The number of hydrogen-bond acceptors (Lipinski definition) is 1. The third-order valence-corrected chi connectivity index (χ3v) is 4.50. The van der Waals surface area contributed by atoms with Gasteiger partial charge in [0.25, 0.3) is 0 Å². The Morgan fingerprint density at radius 2 is 1.83 bits per heavy atom. The van der Waals surface area contributed by atoms with Gasteiger partial charge in [0.2, 0.25) is 0 Å². The van der Waals surface area contributed by atoms with E-state index in [0.717, 1.165) is 10.5 Å². The van der Waals surface area contributed by atoms with Crippen LogP contribution in [0.25, 0.3) is 0 Å². The van der Waals surface area contributed by atoms with Gasteiger partial charge in [-0.1, -0.05) is 6.42 Å². The van der Waals surface area contributed by atoms with Crippen molar-refractivity contribution in [3.8, 4) is 0 Å². The molecule has 0 spiro atoms. The van der Waals surface area contributed by atoms with E-state index < -0.39 is 0 Å². The van der Waals surface area contributed by atoms with Crippen molar-refractivity contribution in [2.75, 3.05) is 19.5 Å². The zero-order valence-electron chi connectivity index (χ0n) is 9.18. The lowest BCUT2D eigenvalue weighted by atomic mass is 10.0. The molecule has 0 unspecified atom stereocenters. The van der Waals surface area contributed by atoms with E-state index in [1.807, 2.05) is 0 Å². The molecule has 0 saturated heterocycles. The smallest absolute Gasteiger partial charge is 0.146 e. The SMILES string of the molecule is CP(C)CCCCC(C)(C)O[SiH3]. The molecule has 0 amide bonds. The van der Waals surface area contributed by atoms with Crippen molar-refractivity contribution in [2.24, 2.45) is 0 Å². The van der Waals surface area contributed by atoms with Gasteiger partial charge in [0.1, 0.15) is 10.5 Å². The van der Waals surface area contributed by atoms with Crippen LogP contribution in [0.15, 0.2) is 0 Å². The summed E-state index contributed by atoms with van der Waals surface area (Å²) in [5.41, 5.74) is 0.149. The summed E-state index contributed by atoms with van der Waals surface area (Å²) >= 11 is 0. The zero-order valence-corrected chi connectivity index (χ0v) is 12.1. The molecule has 0 N–H and O–H groups in total. The maximum atomic E-state index is 5.49. The fourth-order valence-electron chi connectivity index (χ4n) is 1.08. The number of unbranched alkanes of at least 4 members (excludes halogenated alkanes) is 1. The first-order chi connectivity index (χ1) is 5.48. The minimum atomic E-state index is 0.149. The summed E-state index contributed by atoms with van der Waals surface area (Å²) < 4.78 is 5.49. The summed E-state index contributed by atoms with van der Waals surface area (Å²) in [6.07, 6.45) is 5.36. The van der Waals surface area contributed by atoms with Crippen LogP contribution in [-0.4, -0.2) is 35.6 Å². The summed E-state index contributed by atoms with van der Waals surface area (Å²) in [6.45, 7) is 9.09. The molecule has 0 fully saturated rings. The fraction of sp³-hybridized carbons (Fsp3) is 1.00. The van der Waals surface area contributed by atoms with Gasteiger partial charge in [-0.25, -0.2) is 0 Å². The third-order valence-electron chi connectivity index (χ3n) is 2.19. The van der Waals surface area contributed by atoms with Crippen molar-refractivity contribution in [2.45, 2.75) is 38.7 Å². The van der Waals surface area contributed by atoms with Crippen molar-refractivity contribution >= 4 is 18.4 Å². The first kappa shape index (κ1) is 12.6. The van der Waals surface area contributed by atoms with E-state index in [-0.39, 0.29) is 5.60 Å². The Morgan fingerprint density at radius 1 is 1.25 bits per heavy atom. The molecule has 0 saturated carbocycles. The highest BCUT2D eigenvalue weighted by Crippen LogP contribution is 2.27. The predicted molar refractivity (Wildman–Crippen MR) is 62.6 cm³/mol. The van der Waals surface area contributed by atoms with Gasteiger partial charge >= 0.3 is 0 Å². The van der Waals surface area contributed by atoms with Gasteiger partial charge in [-0.3, -0.25) is 0 Å². The highest BCUT2D eigenvalue weighted by molar-refractivity contribution is 7.55. The van der Waals surface area contributed by atoms with Gasteiger partial charge in [-0.05, 0) is 46.2 Å². The van der Waals surface area contributed by atoms with Crippen LogP contribution in [0.4, 0.5) is 0 Å². The molecule has 0 heterocycles. The Kier molecular flexibility index (Phi) is 6.43. The van der Waals surface area contributed by atoms with E-state index in [2.05, 4.69) is 27.2 Å². The Morgan fingerprint density at radius 3 is 2.25 bits per heavy atom. The molecule has 0 rings (SSSR count). The van der Waals surface area contributed by atoms with E-state index in [9.17, 15) is 0 Å². The predicted octanol–water partition coefficient (Wildman–Crippen LogP) is 1.97. The van der Waals surface area contributed by atoms with Crippen LogP contribution in [-0.2, 0) is 4.43 Å². The number of hydrogen-bond donors (Lipinski definition) is 0. The van der Waals surface area contributed by atoms with Crippen molar-refractivity contribution in [3.63, 3.8) is 0 Å². The van der Waals surface area contributed by atoms with E-state index in [0.29, 0.717) is 7.92 Å². The largest absolute Gasteiger partial charge is 0.423 e. The second kappa shape index (κ2) is 6.12. The Bertz CT molecular complexity index is 115. The molecule has 0 aromatic carbocycles. The molecule has 3 heteroatoms. The number of rotatable bonds is 6. The van der Waals surface area contributed by atoms with Crippen molar-refractivity contribution < 1.29 is 4.43 Å². The van der Waals surface area contributed by atoms with Crippen molar-refractivity contribution in [1.29, 1.82) is 0 Å². The van der Waals surface area contributed by atoms with Gasteiger partial charge in [-0.15, -0.1) is 7.92 Å². The Hall–Kier alpha value is 0.607. The molecule has 1 nitrogen and oxygen atoms in total. The minimum absolute atomic E-state index is 0.149. The quantitative estimate of drug-likeness (QED) is 0.367. The molecule has 0 aromatic rings. The second-order valence-electron chi connectivity index (χ2n) is 4.22. The van der Waals surface area contributed by atoms with Gasteiger partial charge in [0.15, 0.2) is 0 Å². The summed E-state index contributed by atoms with van der Waals surface area (Å²) in [4.78, 5) is 0. The molecule has 0 radical (unpaired) electrons. The zero-order chi connectivity index (χ0) is 9.61. The van der Waals surface area contributed by atoms with Crippen LogP contribution in [0.5, 0.6) is 0 Å². The minimum Gasteiger partial charge on any atom is -0.423 e. The van der Waals surface area contributed by atoms with Crippen LogP contribution in [0.2, 0.25) is 0 Å². The lowest BCUT2D eigenvalue weighted by Gasteiger charge is -2.23.